The molecule has 0 bridgehead atoms. The predicted octanol–water partition coefficient (Wildman–Crippen LogP) is 2.32. The summed E-state index contributed by atoms with van der Waals surface area (Å²) in [6.07, 6.45) is 3.34. The van der Waals surface area contributed by atoms with Gasteiger partial charge in [0.1, 0.15) is 0 Å². The summed E-state index contributed by atoms with van der Waals surface area (Å²) in [5, 5.41) is 3.47. The molecule has 2 aliphatic rings. The van der Waals surface area contributed by atoms with Gasteiger partial charge < -0.3 is 14.8 Å². The van der Waals surface area contributed by atoms with Gasteiger partial charge in [-0.3, -0.25) is 4.79 Å². The van der Waals surface area contributed by atoms with Crippen molar-refractivity contribution in [2.45, 2.75) is 31.7 Å². The topological polar surface area (TPSA) is 47.6 Å². The van der Waals surface area contributed by atoms with Crippen molar-refractivity contribution in [3.63, 3.8) is 0 Å². The fraction of sp³-hybridized carbons (Fsp3) is 0.500. The zero-order valence-electron chi connectivity index (χ0n) is 10.6. The molecule has 0 atom stereocenters. The third-order valence-corrected chi connectivity index (χ3v) is 3.45. The molecule has 3 rings (SSSR count). The van der Waals surface area contributed by atoms with Gasteiger partial charge in [-0.2, -0.15) is 0 Å². The Balaban J connectivity index is 1.76. The van der Waals surface area contributed by atoms with E-state index >= 15 is 0 Å². The molecule has 0 saturated heterocycles. The largest absolute Gasteiger partial charge is 0.489 e. The van der Waals surface area contributed by atoms with Crippen LogP contribution < -0.4 is 14.8 Å². The summed E-state index contributed by atoms with van der Waals surface area (Å²) < 4.78 is 11.2. The van der Waals surface area contributed by atoms with Gasteiger partial charge in [-0.05, 0) is 30.5 Å². The van der Waals surface area contributed by atoms with E-state index in [-0.39, 0.29) is 5.91 Å². The van der Waals surface area contributed by atoms with Crippen molar-refractivity contribution < 1.29 is 14.3 Å². The average Bonchev–Trinajstić information content (AvgIpc) is 3.15. The highest BCUT2D eigenvalue weighted by atomic mass is 35.5. The molecule has 1 fully saturated rings. The minimum Gasteiger partial charge on any atom is -0.489 e. The number of carbonyl (C=O) groups is 1. The Hall–Kier alpha value is -1.42. The van der Waals surface area contributed by atoms with E-state index in [1.54, 1.807) is 6.07 Å². The molecule has 1 aliphatic carbocycles. The second-order valence-electron chi connectivity index (χ2n) is 4.97. The van der Waals surface area contributed by atoms with Crippen LogP contribution in [0.3, 0.4) is 0 Å². The van der Waals surface area contributed by atoms with Crippen molar-refractivity contribution in [3.8, 4) is 11.5 Å². The molecule has 0 unspecified atom stereocenters. The monoisotopic (exact) mass is 281 g/mol. The molecule has 1 heterocycles. The minimum atomic E-state index is 0.0352. The normalized spacial score (nSPS) is 17.7. The SMILES string of the molecule is O=C(Cc1cc(Cl)c2c(c1)OCCCO2)NC1CC1. The maximum Gasteiger partial charge on any atom is 0.224 e. The van der Waals surface area contributed by atoms with Crippen molar-refractivity contribution in [2.24, 2.45) is 0 Å². The van der Waals surface area contributed by atoms with Crippen molar-refractivity contribution in [2.75, 3.05) is 13.2 Å². The summed E-state index contributed by atoms with van der Waals surface area (Å²) in [5.41, 5.74) is 0.854. The molecule has 0 radical (unpaired) electrons. The number of hydrogen-bond donors (Lipinski definition) is 1. The van der Waals surface area contributed by atoms with Crippen molar-refractivity contribution in [3.05, 3.63) is 22.7 Å². The zero-order valence-corrected chi connectivity index (χ0v) is 11.3. The first-order valence-electron chi connectivity index (χ1n) is 6.60. The van der Waals surface area contributed by atoms with Gasteiger partial charge in [-0.15, -0.1) is 0 Å². The van der Waals surface area contributed by atoms with Gasteiger partial charge in [0, 0.05) is 12.5 Å². The second kappa shape index (κ2) is 5.29. The van der Waals surface area contributed by atoms with Crippen LogP contribution in [0, 0.1) is 0 Å². The van der Waals surface area contributed by atoms with E-state index in [1.165, 1.54) is 0 Å². The van der Waals surface area contributed by atoms with E-state index in [2.05, 4.69) is 5.32 Å². The Labute approximate surface area is 117 Å². The number of benzene rings is 1. The summed E-state index contributed by atoms with van der Waals surface area (Å²) in [6.45, 7) is 1.22. The van der Waals surface area contributed by atoms with Crippen LogP contribution in [0.1, 0.15) is 24.8 Å². The number of rotatable bonds is 3. The molecule has 102 valence electrons. The average molecular weight is 282 g/mol. The van der Waals surface area contributed by atoms with E-state index in [9.17, 15) is 4.79 Å². The summed E-state index contributed by atoms with van der Waals surface area (Å²) in [5.74, 6) is 1.26. The first-order chi connectivity index (χ1) is 9.22. The van der Waals surface area contributed by atoms with Crippen LogP contribution in [0.5, 0.6) is 11.5 Å². The molecule has 4 nitrogen and oxygen atoms in total. The third kappa shape index (κ3) is 3.13. The predicted molar refractivity (Wildman–Crippen MR) is 71.9 cm³/mol. The van der Waals surface area contributed by atoms with E-state index in [4.69, 9.17) is 21.1 Å². The molecule has 1 N–H and O–H groups in total. The molecule has 19 heavy (non-hydrogen) atoms. The molecule has 1 aliphatic heterocycles. The highest BCUT2D eigenvalue weighted by Crippen LogP contribution is 2.38. The zero-order chi connectivity index (χ0) is 13.2. The maximum atomic E-state index is 11.8. The van der Waals surface area contributed by atoms with Crippen molar-refractivity contribution in [1.82, 2.24) is 5.32 Å². The molecular weight excluding hydrogens is 266 g/mol. The van der Waals surface area contributed by atoms with Crippen LogP contribution in [0.2, 0.25) is 5.02 Å². The number of fused-ring (bicyclic) bond motifs is 1. The van der Waals surface area contributed by atoms with E-state index in [0.29, 0.717) is 42.2 Å². The lowest BCUT2D eigenvalue weighted by molar-refractivity contribution is -0.120. The van der Waals surface area contributed by atoms with Gasteiger partial charge in [-0.25, -0.2) is 0 Å². The summed E-state index contributed by atoms with van der Waals surface area (Å²) >= 11 is 6.18. The van der Waals surface area contributed by atoms with Crippen LogP contribution in [0.4, 0.5) is 0 Å². The highest BCUT2D eigenvalue weighted by molar-refractivity contribution is 6.32. The number of ether oxygens (including phenoxy) is 2. The fourth-order valence-corrected chi connectivity index (χ4v) is 2.37. The van der Waals surface area contributed by atoms with Crippen LogP contribution in [-0.4, -0.2) is 25.2 Å². The quantitative estimate of drug-likeness (QED) is 0.925. The molecule has 1 aromatic carbocycles. The van der Waals surface area contributed by atoms with Gasteiger partial charge in [0.2, 0.25) is 5.91 Å². The van der Waals surface area contributed by atoms with Crippen molar-refractivity contribution >= 4 is 17.5 Å². The van der Waals surface area contributed by atoms with E-state index < -0.39 is 0 Å². The lowest BCUT2D eigenvalue weighted by atomic mass is 10.1. The number of nitrogens with one attached hydrogen (secondary N) is 1. The van der Waals surface area contributed by atoms with Crippen LogP contribution in [-0.2, 0) is 11.2 Å². The summed E-state index contributed by atoms with van der Waals surface area (Å²) in [7, 11) is 0. The molecule has 0 aromatic heterocycles. The summed E-state index contributed by atoms with van der Waals surface area (Å²) in [6, 6.07) is 4.00. The second-order valence-corrected chi connectivity index (χ2v) is 5.38. The van der Waals surface area contributed by atoms with Crippen LogP contribution >= 0.6 is 11.6 Å². The number of hydrogen-bond acceptors (Lipinski definition) is 3. The van der Waals surface area contributed by atoms with Crippen LogP contribution in [0.25, 0.3) is 0 Å². The maximum absolute atomic E-state index is 11.8. The smallest absolute Gasteiger partial charge is 0.224 e. The van der Waals surface area contributed by atoms with Crippen molar-refractivity contribution in [1.29, 1.82) is 0 Å². The Kier molecular flexibility index (Phi) is 3.51. The molecule has 1 saturated carbocycles. The van der Waals surface area contributed by atoms with E-state index in [0.717, 1.165) is 24.8 Å². The van der Waals surface area contributed by atoms with Gasteiger partial charge in [0.05, 0.1) is 24.7 Å². The first kappa shape index (κ1) is 12.6. The summed E-state index contributed by atoms with van der Waals surface area (Å²) in [4.78, 5) is 11.8. The Morgan fingerprint density at radius 2 is 2.11 bits per heavy atom. The molecule has 1 aromatic rings. The molecule has 5 heteroatoms. The van der Waals surface area contributed by atoms with Gasteiger partial charge >= 0.3 is 0 Å². The molecule has 0 spiro atoms. The third-order valence-electron chi connectivity index (χ3n) is 3.17. The van der Waals surface area contributed by atoms with Gasteiger partial charge in [0.25, 0.3) is 0 Å². The molecule has 1 amide bonds. The standard InChI is InChI=1S/C14H16ClNO3/c15-11-6-9(8-13(17)16-10-2-3-10)7-12-14(11)19-5-1-4-18-12/h6-7,10H,1-5,8H2,(H,16,17). The molecular formula is C14H16ClNO3. The Morgan fingerprint density at radius 3 is 2.89 bits per heavy atom. The number of halogens is 1. The Bertz CT molecular complexity index is 500. The van der Waals surface area contributed by atoms with E-state index in [1.807, 2.05) is 6.07 Å². The first-order valence-corrected chi connectivity index (χ1v) is 6.97. The minimum absolute atomic E-state index is 0.0352. The van der Waals surface area contributed by atoms with Crippen LogP contribution in [0.15, 0.2) is 12.1 Å². The lowest BCUT2D eigenvalue weighted by Crippen LogP contribution is -2.26. The number of amides is 1. The Morgan fingerprint density at radius 1 is 1.32 bits per heavy atom. The van der Waals surface area contributed by atoms with Gasteiger partial charge in [0.15, 0.2) is 11.5 Å². The number of carbonyl (C=O) groups excluding carboxylic acids is 1. The lowest BCUT2D eigenvalue weighted by Gasteiger charge is -2.11. The fourth-order valence-electron chi connectivity index (χ4n) is 2.08. The highest BCUT2D eigenvalue weighted by Gasteiger charge is 2.23. The van der Waals surface area contributed by atoms with Gasteiger partial charge in [-0.1, -0.05) is 11.6 Å².